The highest BCUT2D eigenvalue weighted by Gasteiger charge is 2.28. The van der Waals surface area contributed by atoms with Gasteiger partial charge in [0.05, 0.1) is 24.7 Å². The van der Waals surface area contributed by atoms with Crippen LogP contribution in [0.3, 0.4) is 0 Å². The van der Waals surface area contributed by atoms with E-state index in [1.165, 1.54) is 0 Å². The van der Waals surface area contributed by atoms with Crippen LogP contribution in [0.15, 0.2) is 0 Å². The number of carbonyl (C=O) groups excluding carboxylic acids is 2. The molecule has 0 aromatic carbocycles. The van der Waals surface area contributed by atoms with Crippen molar-refractivity contribution in [1.29, 1.82) is 5.26 Å². The average Bonchev–Trinajstić information content (AvgIpc) is 2.40. The molecule has 6 N–H and O–H groups in total. The summed E-state index contributed by atoms with van der Waals surface area (Å²) in [5.41, 5.74) is 4.67. The summed E-state index contributed by atoms with van der Waals surface area (Å²) in [6, 6.07) is 2.07. The second-order valence-electron chi connectivity index (χ2n) is 3.03. The number of nitrogens with zero attached hydrogens (tertiary/aromatic N) is 1. The van der Waals surface area contributed by atoms with Crippen molar-refractivity contribution >= 4 is 12.9 Å². The summed E-state index contributed by atoms with van der Waals surface area (Å²) in [5.74, 6) is 8.00. The molecule has 0 rings (SSSR count). The van der Waals surface area contributed by atoms with E-state index < -0.39 is 5.41 Å². The molecular formula is C9H18N4O4. The van der Waals surface area contributed by atoms with Crippen LogP contribution in [0.5, 0.6) is 0 Å². The number of ether oxygens (including phenoxy) is 2. The summed E-state index contributed by atoms with van der Waals surface area (Å²) in [6.07, 6.45) is 0.669. The van der Waals surface area contributed by atoms with Gasteiger partial charge in [0.25, 0.3) is 12.9 Å². The van der Waals surface area contributed by atoms with Crippen LogP contribution in [0.4, 0.5) is 0 Å². The second kappa shape index (κ2) is 12.4. The Labute approximate surface area is 99.6 Å². The van der Waals surface area contributed by atoms with Crippen molar-refractivity contribution in [2.75, 3.05) is 19.8 Å². The maximum atomic E-state index is 9.92. The lowest BCUT2D eigenvalue weighted by Gasteiger charge is -2.23. The van der Waals surface area contributed by atoms with Crippen LogP contribution in [-0.4, -0.2) is 32.7 Å². The molecule has 8 heteroatoms. The molecule has 0 spiro atoms. The van der Waals surface area contributed by atoms with Gasteiger partial charge in [-0.15, -0.1) is 0 Å². The van der Waals surface area contributed by atoms with Gasteiger partial charge in [-0.25, -0.2) is 0 Å². The van der Waals surface area contributed by atoms with Gasteiger partial charge in [0, 0.05) is 19.4 Å². The predicted molar refractivity (Wildman–Crippen MR) is 58.7 cm³/mol. The van der Waals surface area contributed by atoms with Crippen molar-refractivity contribution in [2.45, 2.75) is 12.8 Å². The molecule has 17 heavy (non-hydrogen) atoms. The molecule has 8 nitrogen and oxygen atoms in total. The Morgan fingerprint density at radius 2 is 1.53 bits per heavy atom. The van der Waals surface area contributed by atoms with E-state index in [4.69, 9.17) is 11.0 Å². The van der Waals surface area contributed by atoms with Gasteiger partial charge in [0.2, 0.25) is 0 Å². The molecule has 0 saturated carbocycles. The van der Waals surface area contributed by atoms with E-state index in [-0.39, 0.29) is 19.8 Å². The number of nitrogens with two attached hydrogens (primary N) is 3. The van der Waals surface area contributed by atoms with Crippen LogP contribution in [0.25, 0.3) is 0 Å². The third kappa shape index (κ3) is 8.15. The first-order valence-electron chi connectivity index (χ1n) is 4.80. The Morgan fingerprint density at radius 3 is 1.76 bits per heavy atom. The molecular weight excluding hydrogens is 228 g/mol. The Bertz CT molecular complexity index is 228. The molecule has 0 fully saturated rings. The van der Waals surface area contributed by atoms with E-state index in [0.717, 1.165) is 0 Å². The maximum absolute atomic E-state index is 9.92. The predicted octanol–water partition coefficient (Wildman–Crippen LogP) is -1.60. The quantitative estimate of drug-likeness (QED) is 0.190. The summed E-state index contributed by atoms with van der Waals surface area (Å²) in [4.78, 5) is 19.8. The Morgan fingerprint density at radius 1 is 1.12 bits per heavy atom. The minimum Gasteiger partial charge on any atom is -0.468 e. The van der Waals surface area contributed by atoms with Gasteiger partial charge in [0.1, 0.15) is 0 Å². The van der Waals surface area contributed by atoms with Crippen molar-refractivity contribution in [2.24, 2.45) is 22.8 Å². The lowest BCUT2D eigenvalue weighted by atomic mass is 9.83. The molecule has 98 valence electrons. The van der Waals surface area contributed by atoms with Gasteiger partial charge in [-0.2, -0.15) is 5.26 Å². The van der Waals surface area contributed by atoms with E-state index in [0.29, 0.717) is 25.8 Å². The fraction of sp³-hybridized carbons (Fsp3) is 0.667. The van der Waals surface area contributed by atoms with Crippen LogP contribution in [0.2, 0.25) is 0 Å². The first-order chi connectivity index (χ1) is 8.24. The number of nitriles is 1. The number of hydrazine groups is 1. The van der Waals surface area contributed by atoms with Crippen LogP contribution in [-0.2, 0) is 19.1 Å². The minimum absolute atomic E-state index is 0.133. The summed E-state index contributed by atoms with van der Waals surface area (Å²) >= 11 is 0. The highest BCUT2D eigenvalue weighted by atomic mass is 16.5. The second-order valence-corrected chi connectivity index (χ2v) is 3.03. The molecule has 0 heterocycles. The zero-order valence-corrected chi connectivity index (χ0v) is 9.50. The number of rotatable bonds is 9. The standard InChI is InChI=1S/C9H14N2O4.H4N2/c10-5-9(6-11,1-3-14-7-12)2-4-15-8-13;1-2/h7-8H,1-5,10H2;1-2H2. The van der Waals surface area contributed by atoms with Crippen LogP contribution < -0.4 is 17.4 Å². The zero-order valence-electron chi connectivity index (χ0n) is 9.50. The van der Waals surface area contributed by atoms with Crippen molar-refractivity contribution in [3.63, 3.8) is 0 Å². The third-order valence-electron chi connectivity index (χ3n) is 2.16. The van der Waals surface area contributed by atoms with E-state index in [1.54, 1.807) is 0 Å². The first kappa shape index (κ1) is 17.7. The van der Waals surface area contributed by atoms with E-state index in [2.05, 4.69) is 27.2 Å². The number of carbonyl (C=O) groups is 2. The maximum Gasteiger partial charge on any atom is 0.293 e. The smallest absolute Gasteiger partial charge is 0.293 e. The molecule has 0 amide bonds. The minimum atomic E-state index is -0.800. The van der Waals surface area contributed by atoms with E-state index >= 15 is 0 Å². The summed E-state index contributed by atoms with van der Waals surface area (Å²) in [5, 5.41) is 8.96. The summed E-state index contributed by atoms with van der Waals surface area (Å²) in [6.45, 7) is 1.04. The Kier molecular flexibility index (Phi) is 12.9. The van der Waals surface area contributed by atoms with Crippen LogP contribution in [0, 0.1) is 16.7 Å². The highest BCUT2D eigenvalue weighted by Crippen LogP contribution is 2.24. The normalized spacial score (nSPS) is 9.29. The van der Waals surface area contributed by atoms with Gasteiger partial charge < -0.3 is 15.2 Å². The van der Waals surface area contributed by atoms with Crippen molar-refractivity contribution in [1.82, 2.24) is 0 Å². The lowest BCUT2D eigenvalue weighted by Crippen LogP contribution is -2.31. The molecule has 0 bridgehead atoms. The van der Waals surface area contributed by atoms with Gasteiger partial charge in [0.15, 0.2) is 0 Å². The molecule has 0 saturated heterocycles. The molecule has 0 unspecified atom stereocenters. The fourth-order valence-corrected chi connectivity index (χ4v) is 1.09. The zero-order chi connectivity index (χ0) is 13.6. The molecule has 0 aromatic rings. The fourth-order valence-electron chi connectivity index (χ4n) is 1.09. The third-order valence-corrected chi connectivity index (χ3v) is 2.16. The lowest BCUT2D eigenvalue weighted by molar-refractivity contribution is -0.129. The molecule has 0 aliphatic carbocycles. The average molecular weight is 246 g/mol. The first-order valence-corrected chi connectivity index (χ1v) is 4.80. The Balaban J connectivity index is 0. The van der Waals surface area contributed by atoms with Crippen molar-refractivity contribution in [3.8, 4) is 6.07 Å². The molecule has 0 aromatic heterocycles. The topological polar surface area (TPSA) is 154 Å². The highest BCUT2D eigenvalue weighted by molar-refractivity contribution is 5.37. The largest absolute Gasteiger partial charge is 0.468 e. The van der Waals surface area contributed by atoms with E-state index in [9.17, 15) is 9.59 Å². The number of hydrogen-bond donors (Lipinski definition) is 3. The van der Waals surface area contributed by atoms with Crippen molar-refractivity contribution < 1.29 is 19.1 Å². The molecule has 0 radical (unpaired) electrons. The van der Waals surface area contributed by atoms with Crippen LogP contribution >= 0.6 is 0 Å². The summed E-state index contributed by atoms with van der Waals surface area (Å²) in [7, 11) is 0. The molecule has 0 atom stereocenters. The monoisotopic (exact) mass is 246 g/mol. The molecule has 0 aliphatic rings. The van der Waals surface area contributed by atoms with E-state index in [1.807, 2.05) is 0 Å². The van der Waals surface area contributed by atoms with Gasteiger partial charge >= 0.3 is 0 Å². The van der Waals surface area contributed by atoms with Gasteiger partial charge in [-0.3, -0.25) is 21.3 Å². The van der Waals surface area contributed by atoms with Gasteiger partial charge in [-0.1, -0.05) is 0 Å². The molecule has 0 aliphatic heterocycles. The summed E-state index contributed by atoms with van der Waals surface area (Å²) < 4.78 is 9.00. The van der Waals surface area contributed by atoms with Gasteiger partial charge in [-0.05, 0) is 0 Å². The Hall–Kier alpha value is -1.69. The van der Waals surface area contributed by atoms with Crippen molar-refractivity contribution in [3.05, 3.63) is 0 Å². The SMILES string of the molecule is N#CC(CN)(CCOC=O)CCOC=O.NN. The number of hydrogen-bond acceptors (Lipinski definition) is 8. The van der Waals surface area contributed by atoms with Crippen LogP contribution in [0.1, 0.15) is 12.8 Å².